The Morgan fingerprint density at radius 3 is 2.42 bits per heavy atom. The molecule has 0 saturated carbocycles. The van der Waals surface area contributed by atoms with E-state index in [1.165, 1.54) is 6.07 Å². The Labute approximate surface area is 241 Å². The first-order valence-corrected chi connectivity index (χ1v) is 11.9. The van der Waals surface area contributed by atoms with E-state index in [9.17, 15) is 14.7 Å². The van der Waals surface area contributed by atoms with Gasteiger partial charge in [0.25, 0.3) is 0 Å². The molecule has 0 bridgehead atoms. The smallest absolute Gasteiger partial charge is 0.549 e. The van der Waals surface area contributed by atoms with Crippen molar-refractivity contribution in [3.8, 4) is 17.2 Å². The first-order chi connectivity index (χ1) is 16.9. The molecule has 0 spiro atoms. The standard InChI is InChI=1S/C27H24Cl2O6.Na/c1-33-24(17-2-6-18(28)7-3-17)11-10-23(30)16-4-8-19(9-5-16)35-26-15-25-21(14-22(26)29)20(27(31)32)12-13-34-25;/h2-9,14-15,20,24H,10-13H2,1H3,(H,31,32);/q;+1/p-1. The van der Waals surface area contributed by atoms with Gasteiger partial charge >= 0.3 is 29.6 Å². The van der Waals surface area contributed by atoms with Crippen LogP contribution in [-0.4, -0.2) is 25.5 Å². The van der Waals surface area contributed by atoms with Crippen molar-refractivity contribution < 1.29 is 58.5 Å². The summed E-state index contributed by atoms with van der Waals surface area (Å²) in [5.41, 5.74) is 1.99. The van der Waals surface area contributed by atoms with Gasteiger partial charge in [-0.3, -0.25) is 4.79 Å². The molecule has 0 aromatic heterocycles. The molecule has 0 fully saturated rings. The van der Waals surface area contributed by atoms with Crippen molar-refractivity contribution >= 4 is 35.0 Å². The van der Waals surface area contributed by atoms with Crippen molar-refractivity contribution in [3.63, 3.8) is 0 Å². The van der Waals surface area contributed by atoms with Crippen LogP contribution in [-0.2, 0) is 9.53 Å². The molecule has 3 aromatic rings. The van der Waals surface area contributed by atoms with Gasteiger partial charge in [0.05, 0.1) is 17.7 Å². The van der Waals surface area contributed by atoms with Crippen LogP contribution in [0, 0.1) is 0 Å². The summed E-state index contributed by atoms with van der Waals surface area (Å²) >= 11 is 12.3. The molecule has 4 rings (SSSR count). The van der Waals surface area contributed by atoms with E-state index in [-0.39, 0.29) is 53.1 Å². The zero-order valence-corrected chi connectivity index (χ0v) is 23.5. The molecular weight excluding hydrogens is 514 g/mol. The van der Waals surface area contributed by atoms with E-state index in [0.717, 1.165) is 5.56 Å². The predicted molar refractivity (Wildman–Crippen MR) is 131 cm³/mol. The molecular formula is C27H23Cl2NaO6. The minimum absolute atomic E-state index is 0. The maximum absolute atomic E-state index is 12.7. The third kappa shape index (κ3) is 6.82. The van der Waals surface area contributed by atoms with Gasteiger partial charge in [-0.1, -0.05) is 35.3 Å². The molecule has 0 N–H and O–H groups in total. The molecule has 6 nitrogen and oxygen atoms in total. The average molecular weight is 537 g/mol. The van der Waals surface area contributed by atoms with E-state index in [4.69, 9.17) is 37.4 Å². The largest absolute Gasteiger partial charge is 1.00 e. The number of hydrogen-bond donors (Lipinski definition) is 0. The number of hydrogen-bond acceptors (Lipinski definition) is 6. The first-order valence-electron chi connectivity index (χ1n) is 11.1. The van der Waals surface area contributed by atoms with Crippen molar-refractivity contribution in [1.29, 1.82) is 0 Å². The second-order valence-corrected chi connectivity index (χ2v) is 9.04. The quantitative estimate of drug-likeness (QED) is 0.309. The van der Waals surface area contributed by atoms with Gasteiger partial charge in [-0.15, -0.1) is 0 Å². The molecule has 2 unspecified atom stereocenters. The van der Waals surface area contributed by atoms with Crippen LogP contribution >= 0.6 is 23.2 Å². The third-order valence-corrected chi connectivity index (χ3v) is 6.50. The number of carboxylic acid groups (broad SMARTS) is 1. The Kier molecular flexibility index (Phi) is 10.3. The minimum atomic E-state index is -1.16. The Morgan fingerprint density at radius 1 is 1.08 bits per heavy atom. The molecule has 36 heavy (non-hydrogen) atoms. The second kappa shape index (κ2) is 13.0. The topological polar surface area (TPSA) is 84.9 Å². The fraction of sp³-hybridized carbons (Fsp3) is 0.259. The van der Waals surface area contributed by atoms with E-state index >= 15 is 0 Å². The van der Waals surface area contributed by atoms with Crippen molar-refractivity contribution in [2.24, 2.45) is 0 Å². The van der Waals surface area contributed by atoms with Gasteiger partial charge in [0.2, 0.25) is 0 Å². The van der Waals surface area contributed by atoms with Crippen LogP contribution in [0.2, 0.25) is 10.0 Å². The summed E-state index contributed by atoms with van der Waals surface area (Å²) in [5.74, 6) is -0.732. The average Bonchev–Trinajstić information content (AvgIpc) is 2.85. The number of benzene rings is 3. The van der Waals surface area contributed by atoms with E-state index in [0.29, 0.717) is 52.7 Å². The van der Waals surface area contributed by atoms with Gasteiger partial charge in [-0.05, 0) is 60.9 Å². The number of methoxy groups -OCH3 is 1. The van der Waals surface area contributed by atoms with Gasteiger partial charge < -0.3 is 24.1 Å². The maximum atomic E-state index is 12.7. The number of ether oxygens (including phenoxy) is 3. The summed E-state index contributed by atoms with van der Waals surface area (Å²) in [7, 11) is 1.62. The molecule has 9 heteroatoms. The first kappa shape index (κ1) is 28.5. The summed E-state index contributed by atoms with van der Waals surface area (Å²) in [6, 6.07) is 17.2. The van der Waals surface area contributed by atoms with Gasteiger partial charge in [-0.2, -0.15) is 0 Å². The number of ketones is 1. The predicted octanol–water partition coefficient (Wildman–Crippen LogP) is 2.76. The number of halogens is 2. The number of carbonyl (C=O) groups excluding carboxylic acids is 2. The molecule has 2 atom stereocenters. The molecule has 1 aliphatic rings. The van der Waals surface area contributed by atoms with E-state index in [2.05, 4.69) is 0 Å². The summed E-state index contributed by atoms with van der Waals surface area (Å²) in [6.45, 7) is 0.269. The van der Waals surface area contributed by atoms with Crippen LogP contribution in [0.1, 0.15) is 52.8 Å². The van der Waals surface area contributed by atoms with Crippen LogP contribution in [0.5, 0.6) is 17.2 Å². The van der Waals surface area contributed by atoms with Gasteiger partial charge in [0.1, 0.15) is 17.2 Å². The third-order valence-electron chi connectivity index (χ3n) is 5.95. The van der Waals surface area contributed by atoms with Crippen LogP contribution in [0.3, 0.4) is 0 Å². The van der Waals surface area contributed by atoms with Crippen molar-refractivity contribution in [3.05, 3.63) is 87.4 Å². The van der Waals surface area contributed by atoms with Crippen LogP contribution in [0.4, 0.5) is 0 Å². The Bertz CT molecular complexity index is 1210. The van der Waals surface area contributed by atoms with E-state index in [1.807, 2.05) is 12.1 Å². The van der Waals surface area contributed by atoms with Crippen molar-refractivity contribution in [1.82, 2.24) is 0 Å². The summed E-state index contributed by atoms with van der Waals surface area (Å²) in [5, 5.41) is 12.3. The molecule has 1 heterocycles. The fourth-order valence-corrected chi connectivity index (χ4v) is 4.39. The summed E-state index contributed by atoms with van der Waals surface area (Å²) in [6.07, 6.45) is 0.970. The van der Waals surface area contributed by atoms with Gasteiger partial charge in [-0.25, -0.2) is 0 Å². The Balaban J connectivity index is 0.00000361. The summed E-state index contributed by atoms with van der Waals surface area (Å²) in [4.78, 5) is 24.1. The SMILES string of the molecule is COC(CCC(=O)c1ccc(Oc2cc3c(cc2Cl)C(C(=O)[O-])CCO3)cc1)c1ccc(Cl)cc1.[Na+]. The molecule has 182 valence electrons. The minimum Gasteiger partial charge on any atom is -0.549 e. The monoisotopic (exact) mass is 536 g/mol. The fourth-order valence-electron chi connectivity index (χ4n) is 4.05. The maximum Gasteiger partial charge on any atom is 1.00 e. The Morgan fingerprint density at radius 2 is 1.78 bits per heavy atom. The normalized spacial score (nSPS) is 15.1. The second-order valence-electron chi connectivity index (χ2n) is 8.19. The Hall–Kier alpha value is -2.06. The van der Waals surface area contributed by atoms with Crippen molar-refractivity contribution in [2.75, 3.05) is 13.7 Å². The molecule has 0 radical (unpaired) electrons. The number of fused-ring (bicyclic) bond motifs is 1. The zero-order chi connectivity index (χ0) is 24.9. The van der Waals surface area contributed by atoms with Crippen molar-refractivity contribution in [2.45, 2.75) is 31.3 Å². The zero-order valence-electron chi connectivity index (χ0n) is 20.0. The number of carboxylic acids is 1. The van der Waals surface area contributed by atoms with E-state index < -0.39 is 11.9 Å². The summed E-state index contributed by atoms with van der Waals surface area (Å²) < 4.78 is 17.0. The van der Waals surface area contributed by atoms with Gasteiger partial charge in [0.15, 0.2) is 5.78 Å². The van der Waals surface area contributed by atoms with Crippen LogP contribution in [0.15, 0.2) is 60.7 Å². The number of carbonyl (C=O) groups is 2. The molecule has 0 aliphatic carbocycles. The number of aliphatic carboxylic acids is 1. The van der Waals surface area contributed by atoms with Crippen LogP contribution in [0.25, 0.3) is 0 Å². The molecule has 0 amide bonds. The molecule has 1 aliphatic heterocycles. The molecule has 0 saturated heterocycles. The van der Waals surface area contributed by atoms with E-state index in [1.54, 1.807) is 49.6 Å². The van der Waals surface area contributed by atoms with Crippen LogP contribution < -0.4 is 44.1 Å². The molecule has 3 aromatic carbocycles. The van der Waals surface area contributed by atoms with Gasteiger partial charge in [0, 0.05) is 47.6 Å². The number of Topliss-reactive ketones (excluding diaryl/α,β-unsaturated/α-hetero) is 1. The number of rotatable bonds is 9.